The van der Waals surface area contributed by atoms with Crippen LogP contribution in [0.1, 0.15) is 50.6 Å². The van der Waals surface area contributed by atoms with Crippen molar-refractivity contribution in [1.29, 1.82) is 0 Å². The van der Waals surface area contributed by atoms with E-state index in [1.807, 2.05) is 38.1 Å². The molecule has 0 aliphatic carbocycles. The Morgan fingerprint density at radius 3 is 2.41 bits per heavy atom. The summed E-state index contributed by atoms with van der Waals surface area (Å²) >= 11 is 5.94. The highest BCUT2D eigenvalue weighted by molar-refractivity contribution is 6.30. The molecule has 0 saturated heterocycles. The Labute approximate surface area is 174 Å². The fraction of sp³-hybridized carbons (Fsp3) is 0.227. The van der Waals surface area contributed by atoms with Crippen LogP contribution in [-0.2, 0) is 11.3 Å². The van der Waals surface area contributed by atoms with Gasteiger partial charge in [0.1, 0.15) is 5.69 Å². The predicted molar refractivity (Wildman–Crippen MR) is 111 cm³/mol. The maximum Gasteiger partial charge on any atom is 0.337 e. The molecule has 0 saturated carbocycles. The number of aryl methyl sites for hydroxylation is 1. The molecule has 6 nitrogen and oxygen atoms in total. The van der Waals surface area contributed by atoms with E-state index in [0.717, 1.165) is 16.8 Å². The van der Waals surface area contributed by atoms with Crippen LogP contribution in [0.4, 0.5) is 0 Å². The average molecular weight is 412 g/mol. The molecule has 150 valence electrons. The van der Waals surface area contributed by atoms with E-state index in [1.54, 1.807) is 35.0 Å². The normalized spacial score (nSPS) is 11.7. The standard InChI is InChI=1S/C22H22ClN3O3/c1-14-12-20(26(25-14)13-16-4-10-19(23)11-5-16)21(27)24-15(2)17-6-8-18(9-7-17)22(28)29-3/h4-12,15H,13H2,1-3H3,(H,24,27)/t15-/m0/s1. The molecule has 1 amide bonds. The number of methoxy groups -OCH3 is 1. The monoisotopic (exact) mass is 411 g/mol. The second kappa shape index (κ2) is 8.92. The first kappa shape index (κ1) is 20.6. The minimum Gasteiger partial charge on any atom is -0.465 e. The van der Waals surface area contributed by atoms with Gasteiger partial charge >= 0.3 is 5.97 Å². The zero-order chi connectivity index (χ0) is 21.0. The molecule has 0 spiro atoms. The second-order valence-electron chi connectivity index (χ2n) is 6.76. The molecule has 1 heterocycles. The van der Waals surface area contributed by atoms with E-state index >= 15 is 0 Å². The summed E-state index contributed by atoms with van der Waals surface area (Å²) < 4.78 is 6.39. The van der Waals surface area contributed by atoms with Gasteiger partial charge in [-0.25, -0.2) is 4.79 Å². The first-order chi connectivity index (χ1) is 13.9. The first-order valence-electron chi connectivity index (χ1n) is 9.15. The number of rotatable bonds is 6. The molecule has 0 bridgehead atoms. The lowest BCUT2D eigenvalue weighted by Gasteiger charge is -2.15. The number of hydrogen-bond donors (Lipinski definition) is 1. The van der Waals surface area contributed by atoms with Gasteiger partial charge in [0, 0.05) is 5.02 Å². The van der Waals surface area contributed by atoms with E-state index in [0.29, 0.717) is 22.8 Å². The van der Waals surface area contributed by atoms with Crippen LogP contribution in [0.5, 0.6) is 0 Å². The molecule has 0 aliphatic rings. The number of hydrogen-bond acceptors (Lipinski definition) is 4. The van der Waals surface area contributed by atoms with E-state index < -0.39 is 5.97 Å². The maximum absolute atomic E-state index is 12.9. The fourth-order valence-corrected chi connectivity index (χ4v) is 3.12. The number of carbonyl (C=O) groups is 2. The summed E-state index contributed by atoms with van der Waals surface area (Å²) in [6, 6.07) is 15.9. The topological polar surface area (TPSA) is 73.2 Å². The van der Waals surface area contributed by atoms with E-state index in [2.05, 4.69) is 10.4 Å². The summed E-state index contributed by atoms with van der Waals surface area (Å²) in [5, 5.41) is 8.09. The minimum atomic E-state index is -0.394. The highest BCUT2D eigenvalue weighted by atomic mass is 35.5. The van der Waals surface area contributed by atoms with Crippen LogP contribution in [0.2, 0.25) is 5.02 Å². The van der Waals surface area contributed by atoms with Crippen LogP contribution < -0.4 is 5.32 Å². The molecule has 1 aromatic heterocycles. The lowest BCUT2D eigenvalue weighted by Crippen LogP contribution is -2.29. The number of halogens is 1. The molecule has 3 aromatic rings. The van der Waals surface area contributed by atoms with Gasteiger partial charge in [-0.05, 0) is 55.3 Å². The predicted octanol–water partition coefficient (Wildman–Crippen LogP) is 4.17. The van der Waals surface area contributed by atoms with Crippen molar-refractivity contribution in [3.8, 4) is 0 Å². The van der Waals surface area contributed by atoms with Crippen molar-refractivity contribution in [3.05, 3.63) is 87.7 Å². The van der Waals surface area contributed by atoms with E-state index in [-0.39, 0.29) is 11.9 Å². The van der Waals surface area contributed by atoms with Crippen molar-refractivity contribution in [1.82, 2.24) is 15.1 Å². The molecule has 0 fully saturated rings. The van der Waals surface area contributed by atoms with Gasteiger partial charge in [-0.15, -0.1) is 0 Å². The number of esters is 1. The summed E-state index contributed by atoms with van der Waals surface area (Å²) in [6.07, 6.45) is 0. The molecule has 1 atom stereocenters. The molecule has 29 heavy (non-hydrogen) atoms. The molecule has 2 aromatic carbocycles. The van der Waals surface area contributed by atoms with Crippen LogP contribution in [0.25, 0.3) is 0 Å². The van der Waals surface area contributed by atoms with Crippen molar-refractivity contribution in [2.24, 2.45) is 0 Å². The third-order valence-electron chi connectivity index (χ3n) is 4.56. The third-order valence-corrected chi connectivity index (χ3v) is 4.81. The van der Waals surface area contributed by atoms with Crippen molar-refractivity contribution < 1.29 is 14.3 Å². The number of ether oxygens (including phenoxy) is 1. The van der Waals surface area contributed by atoms with E-state index in [4.69, 9.17) is 16.3 Å². The van der Waals surface area contributed by atoms with Gasteiger partial charge in [0.15, 0.2) is 0 Å². The van der Waals surface area contributed by atoms with Crippen molar-refractivity contribution >= 4 is 23.5 Å². The van der Waals surface area contributed by atoms with Crippen molar-refractivity contribution in [2.75, 3.05) is 7.11 Å². The summed E-state index contributed by atoms with van der Waals surface area (Å²) in [5.41, 5.74) is 3.59. The number of carbonyl (C=O) groups excluding carboxylic acids is 2. The Bertz CT molecular complexity index is 1010. The Morgan fingerprint density at radius 2 is 1.79 bits per heavy atom. The number of aromatic nitrogens is 2. The molecule has 0 unspecified atom stereocenters. The Kier molecular flexibility index (Phi) is 6.34. The highest BCUT2D eigenvalue weighted by Crippen LogP contribution is 2.16. The van der Waals surface area contributed by atoms with Gasteiger partial charge in [-0.2, -0.15) is 5.10 Å². The van der Waals surface area contributed by atoms with Crippen LogP contribution in [0.3, 0.4) is 0 Å². The maximum atomic E-state index is 12.9. The minimum absolute atomic E-state index is 0.218. The second-order valence-corrected chi connectivity index (χ2v) is 7.20. The van der Waals surface area contributed by atoms with Gasteiger partial charge in [0.2, 0.25) is 0 Å². The molecule has 0 aliphatic heterocycles. The number of nitrogens with zero attached hydrogens (tertiary/aromatic N) is 2. The zero-order valence-corrected chi connectivity index (χ0v) is 17.2. The summed E-state index contributed by atoms with van der Waals surface area (Å²) in [7, 11) is 1.34. The SMILES string of the molecule is COC(=O)c1ccc([C@H](C)NC(=O)c2cc(C)nn2Cc2ccc(Cl)cc2)cc1. The highest BCUT2D eigenvalue weighted by Gasteiger charge is 2.17. The smallest absolute Gasteiger partial charge is 0.337 e. The van der Waals surface area contributed by atoms with E-state index in [9.17, 15) is 9.59 Å². The Hall–Kier alpha value is -3.12. The van der Waals surface area contributed by atoms with Crippen LogP contribution in [0.15, 0.2) is 54.6 Å². The van der Waals surface area contributed by atoms with Crippen LogP contribution >= 0.6 is 11.6 Å². The molecular weight excluding hydrogens is 390 g/mol. The van der Waals surface area contributed by atoms with Gasteiger partial charge in [-0.3, -0.25) is 9.48 Å². The Morgan fingerprint density at radius 1 is 1.14 bits per heavy atom. The lowest BCUT2D eigenvalue weighted by atomic mass is 10.1. The molecular formula is C22H22ClN3O3. The number of benzene rings is 2. The van der Waals surface area contributed by atoms with Gasteiger partial charge in [0.05, 0.1) is 31.0 Å². The quantitative estimate of drug-likeness (QED) is 0.618. The van der Waals surface area contributed by atoms with Crippen LogP contribution in [-0.4, -0.2) is 28.8 Å². The number of nitrogens with one attached hydrogen (secondary N) is 1. The Balaban J connectivity index is 1.73. The third kappa shape index (κ3) is 5.03. The van der Waals surface area contributed by atoms with Gasteiger partial charge in [-0.1, -0.05) is 35.9 Å². The molecule has 7 heteroatoms. The average Bonchev–Trinajstić information content (AvgIpc) is 3.09. The molecule has 0 radical (unpaired) electrons. The number of amides is 1. The van der Waals surface area contributed by atoms with Crippen LogP contribution in [0, 0.1) is 6.92 Å². The summed E-state index contributed by atoms with van der Waals surface area (Å²) in [5.74, 6) is -0.612. The largest absolute Gasteiger partial charge is 0.465 e. The summed E-state index contributed by atoms with van der Waals surface area (Å²) in [4.78, 5) is 24.4. The molecule has 1 N–H and O–H groups in total. The van der Waals surface area contributed by atoms with Gasteiger partial charge in [0.25, 0.3) is 5.91 Å². The molecule has 3 rings (SSSR count). The summed E-state index contributed by atoms with van der Waals surface area (Å²) in [6.45, 7) is 4.21. The van der Waals surface area contributed by atoms with Crippen molar-refractivity contribution in [2.45, 2.75) is 26.4 Å². The lowest BCUT2D eigenvalue weighted by molar-refractivity contribution is 0.0600. The van der Waals surface area contributed by atoms with Gasteiger partial charge < -0.3 is 10.1 Å². The van der Waals surface area contributed by atoms with E-state index in [1.165, 1.54) is 7.11 Å². The fourth-order valence-electron chi connectivity index (χ4n) is 2.99. The zero-order valence-electron chi connectivity index (χ0n) is 16.5. The van der Waals surface area contributed by atoms with Crippen molar-refractivity contribution in [3.63, 3.8) is 0 Å². The first-order valence-corrected chi connectivity index (χ1v) is 9.53.